The summed E-state index contributed by atoms with van der Waals surface area (Å²) in [6, 6.07) is 0. The van der Waals surface area contributed by atoms with Crippen LogP contribution in [0.3, 0.4) is 0 Å². The van der Waals surface area contributed by atoms with Crippen molar-refractivity contribution in [2.24, 2.45) is 5.84 Å². The summed E-state index contributed by atoms with van der Waals surface area (Å²) in [7, 11) is 0. The first-order valence-corrected chi connectivity index (χ1v) is 2.54. The van der Waals surface area contributed by atoms with Gasteiger partial charge >= 0.3 is 0 Å². The molecular formula is C4H9FN2O. The molecule has 0 aromatic heterocycles. The van der Waals surface area contributed by atoms with Gasteiger partial charge in [-0.05, 0) is 0 Å². The lowest BCUT2D eigenvalue weighted by atomic mass is 10.5. The lowest BCUT2D eigenvalue weighted by Gasteiger charge is -2.25. The molecule has 0 radical (unpaired) electrons. The van der Waals surface area contributed by atoms with Gasteiger partial charge < -0.3 is 4.74 Å². The molecular weight excluding hydrogens is 111 g/mol. The van der Waals surface area contributed by atoms with Gasteiger partial charge in [0.25, 0.3) is 0 Å². The molecule has 4 heteroatoms. The van der Waals surface area contributed by atoms with Crippen molar-refractivity contribution in [1.29, 1.82) is 0 Å². The van der Waals surface area contributed by atoms with E-state index < -0.39 is 6.30 Å². The summed E-state index contributed by atoms with van der Waals surface area (Å²) in [5, 5.41) is 1.14. The van der Waals surface area contributed by atoms with Crippen molar-refractivity contribution >= 4 is 0 Å². The van der Waals surface area contributed by atoms with E-state index in [2.05, 4.69) is 0 Å². The highest BCUT2D eigenvalue weighted by molar-refractivity contribution is 4.58. The third-order valence-electron chi connectivity index (χ3n) is 1.11. The predicted molar refractivity (Wildman–Crippen MR) is 26.6 cm³/mol. The monoisotopic (exact) mass is 120 g/mol. The smallest absolute Gasteiger partial charge is 0.189 e. The molecule has 1 rings (SSSR count). The number of halogens is 1. The van der Waals surface area contributed by atoms with Gasteiger partial charge in [0.15, 0.2) is 6.30 Å². The van der Waals surface area contributed by atoms with Gasteiger partial charge in [0.1, 0.15) is 0 Å². The Morgan fingerprint density at radius 2 is 2.50 bits per heavy atom. The molecule has 0 amide bonds. The van der Waals surface area contributed by atoms with Gasteiger partial charge in [-0.1, -0.05) is 0 Å². The van der Waals surface area contributed by atoms with Gasteiger partial charge in [0, 0.05) is 6.54 Å². The van der Waals surface area contributed by atoms with Gasteiger partial charge in [-0.15, -0.1) is 0 Å². The van der Waals surface area contributed by atoms with Crippen LogP contribution in [0.15, 0.2) is 0 Å². The van der Waals surface area contributed by atoms with Gasteiger partial charge in [0.2, 0.25) is 0 Å². The van der Waals surface area contributed by atoms with Crippen LogP contribution in [0, 0.1) is 0 Å². The number of hydrogen-bond donors (Lipinski definition) is 1. The Labute approximate surface area is 47.2 Å². The van der Waals surface area contributed by atoms with Crippen LogP contribution in [0.25, 0.3) is 0 Å². The van der Waals surface area contributed by atoms with Crippen molar-refractivity contribution in [2.75, 3.05) is 19.8 Å². The molecule has 0 aromatic carbocycles. The van der Waals surface area contributed by atoms with Crippen LogP contribution >= 0.6 is 0 Å². The minimum atomic E-state index is -1.11. The second-order valence-electron chi connectivity index (χ2n) is 1.75. The molecule has 1 fully saturated rings. The van der Waals surface area contributed by atoms with E-state index in [-0.39, 0.29) is 6.61 Å². The molecule has 1 heterocycles. The zero-order valence-electron chi connectivity index (χ0n) is 4.51. The van der Waals surface area contributed by atoms with E-state index in [1.165, 1.54) is 0 Å². The Morgan fingerprint density at radius 1 is 1.75 bits per heavy atom. The van der Waals surface area contributed by atoms with Gasteiger partial charge in [-0.3, -0.25) is 5.84 Å². The third kappa shape index (κ3) is 1.15. The van der Waals surface area contributed by atoms with Crippen LogP contribution in [-0.2, 0) is 4.74 Å². The molecule has 0 saturated carbocycles. The summed E-state index contributed by atoms with van der Waals surface area (Å²) in [6.45, 7) is 1.13. The van der Waals surface area contributed by atoms with Crippen molar-refractivity contribution in [3.05, 3.63) is 0 Å². The second kappa shape index (κ2) is 2.39. The SMILES string of the molecule is NN1CCOCC1F. The first kappa shape index (κ1) is 5.94. The Kier molecular flexibility index (Phi) is 1.77. The van der Waals surface area contributed by atoms with E-state index in [0.717, 1.165) is 5.01 Å². The minimum Gasteiger partial charge on any atom is -0.376 e. The highest BCUT2D eigenvalue weighted by atomic mass is 19.1. The Balaban J connectivity index is 2.28. The second-order valence-corrected chi connectivity index (χ2v) is 1.75. The van der Waals surface area contributed by atoms with Crippen LogP contribution in [-0.4, -0.2) is 31.1 Å². The number of alkyl halides is 1. The quantitative estimate of drug-likeness (QED) is 0.345. The number of hydrogen-bond acceptors (Lipinski definition) is 3. The fourth-order valence-electron chi connectivity index (χ4n) is 0.586. The average molecular weight is 120 g/mol. The van der Waals surface area contributed by atoms with Crippen molar-refractivity contribution in [1.82, 2.24) is 5.01 Å². The molecule has 0 spiro atoms. The van der Waals surface area contributed by atoms with Gasteiger partial charge in [-0.2, -0.15) is 0 Å². The Hall–Kier alpha value is -0.190. The first-order chi connectivity index (χ1) is 3.80. The Morgan fingerprint density at radius 3 is 2.88 bits per heavy atom. The summed E-state index contributed by atoms with van der Waals surface area (Å²) in [5.74, 6) is 5.16. The maximum Gasteiger partial charge on any atom is 0.189 e. The van der Waals surface area contributed by atoms with Crippen LogP contribution in [0.5, 0.6) is 0 Å². The molecule has 1 atom stereocenters. The first-order valence-electron chi connectivity index (χ1n) is 2.54. The zero-order chi connectivity index (χ0) is 5.98. The number of rotatable bonds is 0. The highest BCUT2D eigenvalue weighted by Gasteiger charge is 2.17. The molecule has 1 unspecified atom stereocenters. The van der Waals surface area contributed by atoms with E-state index >= 15 is 0 Å². The van der Waals surface area contributed by atoms with Crippen molar-refractivity contribution < 1.29 is 9.13 Å². The fraction of sp³-hybridized carbons (Fsp3) is 1.00. The fourth-order valence-corrected chi connectivity index (χ4v) is 0.586. The summed E-state index contributed by atoms with van der Waals surface area (Å²) in [4.78, 5) is 0. The van der Waals surface area contributed by atoms with Crippen molar-refractivity contribution in [3.8, 4) is 0 Å². The van der Waals surface area contributed by atoms with Crippen LogP contribution in [0.4, 0.5) is 4.39 Å². The zero-order valence-corrected chi connectivity index (χ0v) is 4.51. The van der Waals surface area contributed by atoms with Gasteiger partial charge in [-0.25, -0.2) is 9.40 Å². The maximum absolute atomic E-state index is 12.3. The maximum atomic E-state index is 12.3. The molecule has 2 N–H and O–H groups in total. The lowest BCUT2D eigenvalue weighted by molar-refractivity contribution is -0.0634. The van der Waals surface area contributed by atoms with Gasteiger partial charge in [0.05, 0.1) is 13.2 Å². The third-order valence-corrected chi connectivity index (χ3v) is 1.11. The molecule has 0 aromatic rings. The Bertz CT molecular complexity index is 70.4. The standard InChI is InChI=1S/C4H9FN2O/c5-4-3-8-2-1-7(4)6/h4H,1-3,6H2. The summed E-state index contributed by atoms with van der Waals surface area (Å²) in [6.07, 6.45) is -1.11. The van der Waals surface area contributed by atoms with Crippen molar-refractivity contribution in [2.45, 2.75) is 6.30 Å². The van der Waals surface area contributed by atoms with Crippen LogP contribution < -0.4 is 5.84 Å². The molecule has 8 heavy (non-hydrogen) atoms. The summed E-state index contributed by atoms with van der Waals surface area (Å²) < 4.78 is 17.0. The number of nitrogens with zero attached hydrogens (tertiary/aromatic N) is 1. The molecule has 0 aliphatic carbocycles. The average Bonchev–Trinajstić information content (AvgIpc) is 1.77. The number of ether oxygens (including phenoxy) is 1. The molecule has 1 aliphatic heterocycles. The van der Waals surface area contributed by atoms with E-state index in [9.17, 15) is 4.39 Å². The number of nitrogens with two attached hydrogens (primary N) is 1. The summed E-state index contributed by atoms with van der Waals surface area (Å²) in [5.41, 5.74) is 0. The normalized spacial score (nSPS) is 33.0. The molecule has 0 bridgehead atoms. The largest absolute Gasteiger partial charge is 0.376 e. The van der Waals surface area contributed by atoms with E-state index in [4.69, 9.17) is 10.6 Å². The predicted octanol–water partition coefficient (Wildman–Crippen LogP) is -0.512. The van der Waals surface area contributed by atoms with Crippen LogP contribution in [0.1, 0.15) is 0 Å². The molecule has 1 saturated heterocycles. The van der Waals surface area contributed by atoms with Crippen molar-refractivity contribution in [3.63, 3.8) is 0 Å². The van der Waals surface area contributed by atoms with Crippen LogP contribution in [0.2, 0.25) is 0 Å². The molecule has 48 valence electrons. The topological polar surface area (TPSA) is 38.5 Å². The molecule has 3 nitrogen and oxygen atoms in total. The highest BCUT2D eigenvalue weighted by Crippen LogP contribution is 2.00. The van der Waals surface area contributed by atoms with E-state index in [1.54, 1.807) is 0 Å². The van der Waals surface area contributed by atoms with E-state index in [0.29, 0.717) is 13.2 Å². The number of hydrazine groups is 1. The minimum absolute atomic E-state index is 0.108. The summed E-state index contributed by atoms with van der Waals surface area (Å²) >= 11 is 0. The number of morpholine rings is 1. The lowest BCUT2D eigenvalue weighted by Crippen LogP contribution is -2.47. The van der Waals surface area contributed by atoms with E-state index in [1.807, 2.05) is 0 Å². The molecule has 1 aliphatic rings.